The van der Waals surface area contributed by atoms with Gasteiger partial charge in [-0.3, -0.25) is 19.7 Å². The molecular formula is C25H25Cl2N5O5. The highest BCUT2D eigenvalue weighted by Gasteiger charge is 2.34. The second-order valence-electron chi connectivity index (χ2n) is 9.02. The van der Waals surface area contributed by atoms with E-state index < -0.39 is 16.9 Å². The standard InChI is InChI=1S/C25H25Cl2N5O5/c1-15(2)31(25(34)17-9-10-19(27)21(13-17)32(35)36)14-22(33)30-11-4-3-8-20(30)24-28-23(29-37-24)16-6-5-7-18(26)12-16/h5-7,9-10,12-13,15,20H,3-4,8,11,14H2,1-2H3/t20-/m0/s1. The topological polar surface area (TPSA) is 123 Å². The molecule has 1 saturated heterocycles. The number of hydrogen-bond acceptors (Lipinski definition) is 7. The Morgan fingerprint density at radius 2 is 2.00 bits per heavy atom. The lowest BCUT2D eigenvalue weighted by molar-refractivity contribution is -0.384. The summed E-state index contributed by atoms with van der Waals surface area (Å²) >= 11 is 12.0. The van der Waals surface area contributed by atoms with Gasteiger partial charge in [0.15, 0.2) is 0 Å². The highest BCUT2D eigenvalue weighted by atomic mass is 35.5. The zero-order valence-electron chi connectivity index (χ0n) is 20.3. The fourth-order valence-electron chi connectivity index (χ4n) is 4.28. The summed E-state index contributed by atoms with van der Waals surface area (Å²) in [5.41, 5.74) is 0.409. The predicted molar refractivity (Wildman–Crippen MR) is 137 cm³/mol. The number of nitrogens with zero attached hydrogens (tertiary/aromatic N) is 5. The molecule has 2 aromatic carbocycles. The van der Waals surface area contributed by atoms with Gasteiger partial charge in [-0.1, -0.05) is 40.5 Å². The van der Waals surface area contributed by atoms with Gasteiger partial charge in [0, 0.05) is 34.8 Å². The summed E-state index contributed by atoms with van der Waals surface area (Å²) in [6.45, 7) is 3.82. The average Bonchev–Trinajstić information content (AvgIpc) is 3.37. The number of halogens is 2. The van der Waals surface area contributed by atoms with Crippen molar-refractivity contribution in [1.29, 1.82) is 0 Å². The van der Waals surface area contributed by atoms with Gasteiger partial charge in [0.25, 0.3) is 11.6 Å². The van der Waals surface area contributed by atoms with E-state index in [1.54, 1.807) is 36.9 Å². The minimum absolute atomic E-state index is 0.0680. The van der Waals surface area contributed by atoms with Crippen LogP contribution in [0.2, 0.25) is 10.0 Å². The number of nitro benzene ring substituents is 1. The monoisotopic (exact) mass is 545 g/mol. The van der Waals surface area contributed by atoms with Crippen LogP contribution >= 0.6 is 23.2 Å². The summed E-state index contributed by atoms with van der Waals surface area (Å²) in [7, 11) is 0. The van der Waals surface area contributed by atoms with E-state index in [-0.39, 0.29) is 34.8 Å². The van der Waals surface area contributed by atoms with Crippen molar-refractivity contribution in [2.45, 2.75) is 45.2 Å². The number of benzene rings is 2. The number of piperidine rings is 1. The molecule has 3 aromatic rings. The first-order valence-corrected chi connectivity index (χ1v) is 12.5. The maximum absolute atomic E-state index is 13.5. The van der Waals surface area contributed by atoms with Gasteiger partial charge in [0.05, 0.1) is 4.92 Å². The molecule has 4 rings (SSSR count). The fraction of sp³-hybridized carbons (Fsp3) is 0.360. The Kier molecular flexibility index (Phi) is 8.09. The van der Waals surface area contributed by atoms with E-state index in [1.807, 2.05) is 6.07 Å². The lowest BCUT2D eigenvalue weighted by Gasteiger charge is -2.36. The highest BCUT2D eigenvalue weighted by Crippen LogP contribution is 2.32. The molecule has 0 spiro atoms. The number of carbonyl (C=O) groups excluding carboxylic acids is 2. The number of hydrogen-bond donors (Lipinski definition) is 0. The highest BCUT2D eigenvalue weighted by molar-refractivity contribution is 6.32. The molecule has 0 radical (unpaired) electrons. The van der Waals surface area contributed by atoms with E-state index in [1.165, 1.54) is 17.0 Å². The van der Waals surface area contributed by atoms with Crippen molar-refractivity contribution < 1.29 is 19.0 Å². The lowest BCUT2D eigenvalue weighted by Crippen LogP contribution is -2.48. The number of nitro groups is 1. The molecule has 1 aliphatic rings. The summed E-state index contributed by atoms with van der Waals surface area (Å²) in [5, 5.41) is 15.8. The third kappa shape index (κ3) is 5.91. The molecule has 37 heavy (non-hydrogen) atoms. The smallest absolute Gasteiger partial charge is 0.288 e. The molecule has 0 N–H and O–H groups in total. The minimum atomic E-state index is -0.648. The summed E-state index contributed by atoms with van der Waals surface area (Å²) in [5.74, 6) is -0.0898. The summed E-state index contributed by atoms with van der Waals surface area (Å²) in [4.78, 5) is 44.9. The molecule has 0 saturated carbocycles. The number of likely N-dealkylation sites (tertiary alicyclic amines) is 1. The number of amides is 2. The summed E-state index contributed by atoms with van der Waals surface area (Å²) in [6, 6.07) is 10.2. The van der Waals surface area contributed by atoms with E-state index in [2.05, 4.69) is 10.1 Å². The molecule has 2 amide bonds. The second kappa shape index (κ2) is 11.3. The van der Waals surface area contributed by atoms with Crippen molar-refractivity contribution in [1.82, 2.24) is 19.9 Å². The van der Waals surface area contributed by atoms with E-state index in [9.17, 15) is 19.7 Å². The largest absolute Gasteiger partial charge is 0.337 e. The molecule has 194 valence electrons. The van der Waals surface area contributed by atoms with Gasteiger partial charge in [0.1, 0.15) is 17.6 Å². The Hall–Kier alpha value is -3.50. The zero-order chi connectivity index (χ0) is 26.7. The SMILES string of the molecule is CC(C)N(CC(=O)N1CCCC[C@H]1c1nc(-c2cccc(Cl)c2)no1)C(=O)c1ccc(Cl)c([N+](=O)[O-])c1. The van der Waals surface area contributed by atoms with Gasteiger partial charge < -0.3 is 14.3 Å². The first-order valence-electron chi connectivity index (χ1n) is 11.8. The van der Waals surface area contributed by atoms with Crippen molar-refractivity contribution in [2.75, 3.05) is 13.1 Å². The normalized spacial score (nSPS) is 15.6. The van der Waals surface area contributed by atoms with Gasteiger partial charge in [-0.25, -0.2) is 0 Å². The Balaban J connectivity index is 1.55. The van der Waals surface area contributed by atoms with E-state index in [0.717, 1.165) is 18.9 Å². The molecular weight excluding hydrogens is 521 g/mol. The molecule has 1 fully saturated rings. The van der Waals surface area contributed by atoms with Gasteiger partial charge in [-0.15, -0.1) is 0 Å². The van der Waals surface area contributed by atoms with E-state index >= 15 is 0 Å². The number of aromatic nitrogens is 2. The second-order valence-corrected chi connectivity index (χ2v) is 9.86. The number of carbonyl (C=O) groups is 2. The van der Waals surface area contributed by atoms with Crippen molar-refractivity contribution >= 4 is 40.7 Å². The van der Waals surface area contributed by atoms with Crippen LogP contribution in [0, 0.1) is 10.1 Å². The van der Waals surface area contributed by atoms with Crippen LogP contribution < -0.4 is 0 Å². The van der Waals surface area contributed by atoms with Crippen molar-refractivity contribution in [2.24, 2.45) is 0 Å². The molecule has 10 nitrogen and oxygen atoms in total. The van der Waals surface area contributed by atoms with Crippen LogP contribution in [0.3, 0.4) is 0 Å². The third-order valence-electron chi connectivity index (χ3n) is 6.21. The molecule has 0 bridgehead atoms. The van der Waals surface area contributed by atoms with Crippen LogP contribution in [0.1, 0.15) is 55.4 Å². The molecule has 1 aromatic heterocycles. The summed E-state index contributed by atoms with van der Waals surface area (Å²) in [6.07, 6.45) is 2.32. The van der Waals surface area contributed by atoms with E-state index in [0.29, 0.717) is 35.3 Å². The van der Waals surface area contributed by atoms with Crippen LogP contribution in [-0.4, -0.2) is 55.8 Å². The van der Waals surface area contributed by atoms with Gasteiger partial charge in [0.2, 0.25) is 17.6 Å². The Labute approximate surface area is 223 Å². The van der Waals surface area contributed by atoms with Crippen molar-refractivity contribution in [3.63, 3.8) is 0 Å². The molecule has 0 aliphatic carbocycles. The molecule has 1 atom stereocenters. The fourth-order valence-corrected chi connectivity index (χ4v) is 4.66. The van der Waals surface area contributed by atoms with E-state index in [4.69, 9.17) is 27.7 Å². The Morgan fingerprint density at radius 3 is 2.70 bits per heavy atom. The minimum Gasteiger partial charge on any atom is -0.337 e. The van der Waals surface area contributed by atoms with Crippen molar-refractivity contribution in [3.8, 4) is 11.4 Å². The molecule has 0 unspecified atom stereocenters. The first-order chi connectivity index (χ1) is 17.7. The van der Waals surface area contributed by atoms with Crippen LogP contribution in [0.4, 0.5) is 5.69 Å². The van der Waals surface area contributed by atoms with Gasteiger partial charge >= 0.3 is 0 Å². The Bertz CT molecular complexity index is 1330. The molecule has 1 aliphatic heterocycles. The van der Waals surface area contributed by atoms with Crippen LogP contribution in [0.15, 0.2) is 47.0 Å². The van der Waals surface area contributed by atoms with Crippen LogP contribution in [0.25, 0.3) is 11.4 Å². The quantitative estimate of drug-likeness (QED) is 0.281. The Morgan fingerprint density at radius 1 is 1.22 bits per heavy atom. The maximum Gasteiger partial charge on any atom is 0.288 e. The maximum atomic E-state index is 13.5. The first kappa shape index (κ1) is 26.6. The average molecular weight is 546 g/mol. The van der Waals surface area contributed by atoms with Crippen molar-refractivity contribution in [3.05, 3.63) is 74.1 Å². The van der Waals surface area contributed by atoms with Gasteiger partial charge in [-0.2, -0.15) is 4.98 Å². The predicted octanol–water partition coefficient (Wildman–Crippen LogP) is 5.56. The summed E-state index contributed by atoms with van der Waals surface area (Å²) < 4.78 is 5.54. The van der Waals surface area contributed by atoms with Gasteiger partial charge in [-0.05, 0) is 57.4 Å². The zero-order valence-corrected chi connectivity index (χ0v) is 21.8. The lowest BCUT2D eigenvalue weighted by atomic mass is 10.0. The third-order valence-corrected chi connectivity index (χ3v) is 6.77. The number of rotatable bonds is 7. The van der Waals surface area contributed by atoms with Crippen LogP contribution in [-0.2, 0) is 4.79 Å². The van der Waals surface area contributed by atoms with Crippen LogP contribution in [0.5, 0.6) is 0 Å². The molecule has 2 heterocycles. The molecule has 12 heteroatoms.